The molecular weight excluding hydrogens is 431 g/mol. The van der Waals surface area contributed by atoms with Gasteiger partial charge in [0, 0.05) is 23.1 Å². The zero-order valence-electron chi connectivity index (χ0n) is 16.9. The van der Waals surface area contributed by atoms with Crippen LogP contribution >= 0.6 is 23.2 Å². The Hall–Kier alpha value is -3.08. The molecule has 0 saturated carbocycles. The van der Waals surface area contributed by atoms with E-state index in [1.807, 2.05) is 72.5 Å². The maximum atomic E-state index is 13.6. The van der Waals surface area contributed by atoms with Gasteiger partial charge in [-0.05, 0) is 36.2 Å². The molecule has 2 amide bonds. The van der Waals surface area contributed by atoms with Crippen molar-refractivity contribution in [3.8, 4) is 0 Å². The molecule has 0 spiro atoms. The Morgan fingerprint density at radius 1 is 0.806 bits per heavy atom. The van der Waals surface area contributed by atoms with Crippen LogP contribution in [0.5, 0.6) is 0 Å². The molecule has 1 aliphatic rings. The summed E-state index contributed by atoms with van der Waals surface area (Å²) >= 11 is 12.3. The second-order valence-corrected chi connectivity index (χ2v) is 8.04. The quantitative estimate of drug-likeness (QED) is 0.445. The normalized spacial score (nSPS) is 13.8. The number of likely N-dealkylation sites (N-methyl/N-ethyl adjacent to an activating group) is 1. The number of imide groups is 1. The number of hydrogen-bond acceptors (Lipinski definition) is 3. The van der Waals surface area contributed by atoms with E-state index in [-0.39, 0.29) is 5.91 Å². The van der Waals surface area contributed by atoms with Crippen LogP contribution in [0.3, 0.4) is 0 Å². The topological polar surface area (TPSA) is 40.6 Å². The molecule has 0 N–H and O–H groups in total. The highest BCUT2D eigenvalue weighted by atomic mass is 35.5. The SMILES string of the molecule is CCN(Cc1ccccc1)C1=C(c2ccccc2)C(=O)N(c2cc(Cl)cc(Cl)c2)C1=O. The Morgan fingerprint density at radius 3 is 1.97 bits per heavy atom. The third-order valence-electron chi connectivity index (χ3n) is 5.14. The zero-order valence-corrected chi connectivity index (χ0v) is 18.4. The van der Waals surface area contributed by atoms with Crippen molar-refractivity contribution in [2.45, 2.75) is 13.5 Å². The van der Waals surface area contributed by atoms with Crippen LogP contribution in [0.2, 0.25) is 10.0 Å². The van der Waals surface area contributed by atoms with E-state index in [4.69, 9.17) is 23.2 Å². The lowest BCUT2D eigenvalue weighted by Crippen LogP contribution is -2.35. The highest BCUT2D eigenvalue weighted by Crippen LogP contribution is 2.37. The van der Waals surface area contributed by atoms with Gasteiger partial charge in [0.25, 0.3) is 11.8 Å². The van der Waals surface area contributed by atoms with Crippen molar-refractivity contribution < 1.29 is 9.59 Å². The number of carbonyl (C=O) groups excluding carboxylic acids is 2. The molecule has 0 fully saturated rings. The Bertz CT molecular complexity index is 1140. The number of rotatable bonds is 6. The fourth-order valence-corrected chi connectivity index (χ4v) is 4.25. The molecule has 0 aliphatic carbocycles. The van der Waals surface area contributed by atoms with E-state index in [1.165, 1.54) is 0 Å². The maximum Gasteiger partial charge on any atom is 0.282 e. The van der Waals surface area contributed by atoms with Crippen LogP contribution in [0, 0.1) is 0 Å². The van der Waals surface area contributed by atoms with Gasteiger partial charge in [-0.25, -0.2) is 4.90 Å². The summed E-state index contributed by atoms with van der Waals surface area (Å²) in [5, 5.41) is 0.712. The molecule has 0 atom stereocenters. The third-order valence-corrected chi connectivity index (χ3v) is 5.58. The molecule has 4 nitrogen and oxygen atoms in total. The van der Waals surface area contributed by atoms with Gasteiger partial charge < -0.3 is 4.90 Å². The molecule has 0 aromatic heterocycles. The van der Waals surface area contributed by atoms with Gasteiger partial charge in [0.15, 0.2) is 0 Å². The summed E-state index contributed by atoms with van der Waals surface area (Å²) in [6.07, 6.45) is 0. The van der Waals surface area contributed by atoms with Crippen molar-refractivity contribution in [2.24, 2.45) is 0 Å². The highest BCUT2D eigenvalue weighted by Gasteiger charge is 2.42. The molecule has 4 rings (SSSR count). The summed E-state index contributed by atoms with van der Waals surface area (Å²) < 4.78 is 0. The average Bonchev–Trinajstić information content (AvgIpc) is 3.02. The van der Waals surface area contributed by atoms with E-state index in [0.717, 1.165) is 10.5 Å². The van der Waals surface area contributed by atoms with Gasteiger partial charge in [-0.2, -0.15) is 0 Å². The minimum Gasteiger partial charge on any atom is -0.362 e. The van der Waals surface area contributed by atoms with Crippen molar-refractivity contribution in [3.05, 3.63) is 106 Å². The molecular formula is C25H20Cl2N2O2. The first-order valence-electron chi connectivity index (χ1n) is 9.93. The van der Waals surface area contributed by atoms with E-state index in [9.17, 15) is 9.59 Å². The van der Waals surface area contributed by atoms with Crippen molar-refractivity contribution >= 4 is 46.3 Å². The van der Waals surface area contributed by atoms with Crippen LogP contribution in [0.15, 0.2) is 84.6 Å². The number of anilines is 1. The summed E-state index contributed by atoms with van der Waals surface area (Å²) in [6, 6.07) is 23.8. The van der Waals surface area contributed by atoms with Crippen LogP contribution in [0.4, 0.5) is 5.69 Å². The van der Waals surface area contributed by atoms with Crippen molar-refractivity contribution in [3.63, 3.8) is 0 Å². The smallest absolute Gasteiger partial charge is 0.282 e. The molecule has 3 aromatic rings. The third kappa shape index (κ3) is 4.22. The van der Waals surface area contributed by atoms with Gasteiger partial charge in [0.1, 0.15) is 5.70 Å². The Morgan fingerprint density at radius 2 is 1.39 bits per heavy atom. The number of amides is 2. The average molecular weight is 451 g/mol. The van der Waals surface area contributed by atoms with Crippen LogP contribution < -0.4 is 4.90 Å². The summed E-state index contributed by atoms with van der Waals surface area (Å²) in [7, 11) is 0. The maximum absolute atomic E-state index is 13.6. The Kier molecular flexibility index (Phi) is 6.12. The Labute approximate surface area is 191 Å². The predicted octanol–water partition coefficient (Wildman–Crippen LogP) is 5.80. The first-order chi connectivity index (χ1) is 15.0. The minimum absolute atomic E-state index is 0.353. The van der Waals surface area contributed by atoms with Crippen LogP contribution in [0.25, 0.3) is 5.57 Å². The van der Waals surface area contributed by atoms with Gasteiger partial charge in [-0.15, -0.1) is 0 Å². The molecule has 3 aromatic carbocycles. The second kappa shape index (κ2) is 8.96. The number of carbonyl (C=O) groups is 2. The van der Waals surface area contributed by atoms with Gasteiger partial charge >= 0.3 is 0 Å². The summed E-state index contributed by atoms with van der Waals surface area (Å²) in [4.78, 5) is 30.3. The molecule has 156 valence electrons. The lowest BCUT2D eigenvalue weighted by atomic mass is 10.0. The van der Waals surface area contributed by atoms with Crippen LogP contribution in [0.1, 0.15) is 18.1 Å². The van der Waals surface area contributed by atoms with Crippen LogP contribution in [-0.4, -0.2) is 23.3 Å². The molecule has 0 saturated heterocycles. The van der Waals surface area contributed by atoms with E-state index in [2.05, 4.69) is 0 Å². The molecule has 0 radical (unpaired) electrons. The van der Waals surface area contributed by atoms with Gasteiger partial charge in [-0.3, -0.25) is 9.59 Å². The fraction of sp³-hybridized carbons (Fsp3) is 0.120. The lowest BCUT2D eigenvalue weighted by Gasteiger charge is -2.25. The molecule has 0 bridgehead atoms. The summed E-state index contributed by atoms with van der Waals surface area (Å²) in [6.45, 7) is 3.03. The molecule has 1 aliphatic heterocycles. The van der Waals surface area contributed by atoms with E-state index in [0.29, 0.717) is 45.7 Å². The number of nitrogens with zero attached hydrogens (tertiary/aromatic N) is 2. The standard InChI is InChI=1S/C25H20Cl2N2O2/c1-2-28(16-17-9-5-3-6-10-17)23-22(18-11-7-4-8-12-18)24(30)29(25(23)31)21-14-19(26)13-20(27)15-21/h3-15H,2,16H2,1H3. The molecule has 0 unspecified atom stereocenters. The first kappa shape index (κ1) is 21.2. The molecule has 1 heterocycles. The van der Waals surface area contributed by atoms with Crippen molar-refractivity contribution in [1.82, 2.24) is 4.90 Å². The van der Waals surface area contributed by atoms with E-state index < -0.39 is 5.91 Å². The van der Waals surface area contributed by atoms with E-state index in [1.54, 1.807) is 18.2 Å². The monoisotopic (exact) mass is 450 g/mol. The highest BCUT2D eigenvalue weighted by molar-refractivity contribution is 6.46. The molecule has 31 heavy (non-hydrogen) atoms. The first-order valence-corrected chi connectivity index (χ1v) is 10.7. The summed E-state index contributed by atoms with van der Waals surface area (Å²) in [5.74, 6) is -0.781. The van der Waals surface area contributed by atoms with Crippen molar-refractivity contribution in [1.29, 1.82) is 0 Å². The molecule has 6 heteroatoms. The van der Waals surface area contributed by atoms with Gasteiger partial charge in [0.2, 0.25) is 0 Å². The van der Waals surface area contributed by atoms with Gasteiger partial charge in [-0.1, -0.05) is 83.9 Å². The minimum atomic E-state index is -0.393. The lowest BCUT2D eigenvalue weighted by molar-refractivity contribution is -0.120. The zero-order chi connectivity index (χ0) is 22.0. The second-order valence-electron chi connectivity index (χ2n) is 7.16. The van der Waals surface area contributed by atoms with E-state index >= 15 is 0 Å². The predicted molar refractivity (Wildman–Crippen MR) is 125 cm³/mol. The van der Waals surface area contributed by atoms with Crippen LogP contribution in [-0.2, 0) is 16.1 Å². The summed E-state index contributed by atoms with van der Waals surface area (Å²) in [5.41, 5.74) is 2.84. The van der Waals surface area contributed by atoms with Crippen molar-refractivity contribution in [2.75, 3.05) is 11.4 Å². The van der Waals surface area contributed by atoms with Gasteiger partial charge in [0.05, 0.1) is 11.3 Å². The Balaban J connectivity index is 1.84. The number of hydrogen-bond donors (Lipinski definition) is 0. The number of halogens is 2. The number of benzene rings is 3. The largest absolute Gasteiger partial charge is 0.362 e. The fourth-order valence-electron chi connectivity index (χ4n) is 3.73.